The van der Waals surface area contributed by atoms with Gasteiger partial charge in [0, 0.05) is 21.4 Å². The highest BCUT2D eigenvalue weighted by molar-refractivity contribution is 9.10. The first-order chi connectivity index (χ1) is 9.24. The Kier molecular flexibility index (Phi) is 3.09. The van der Waals surface area contributed by atoms with Crippen molar-refractivity contribution in [1.29, 1.82) is 0 Å². The highest BCUT2D eigenvalue weighted by Crippen LogP contribution is 2.24. The molecule has 0 aliphatic rings. The Morgan fingerprint density at radius 2 is 1.84 bits per heavy atom. The van der Waals surface area contributed by atoms with Gasteiger partial charge in [0.05, 0.1) is 18.2 Å². The van der Waals surface area contributed by atoms with Gasteiger partial charge >= 0.3 is 0 Å². The van der Waals surface area contributed by atoms with Crippen molar-refractivity contribution in [2.45, 2.75) is 0 Å². The van der Waals surface area contributed by atoms with Crippen LogP contribution in [0.5, 0.6) is 0 Å². The van der Waals surface area contributed by atoms with Gasteiger partial charge in [-0.1, -0.05) is 34.1 Å². The molecule has 0 aliphatic carbocycles. The third-order valence-electron chi connectivity index (χ3n) is 2.93. The maximum absolute atomic E-state index is 5.83. The second kappa shape index (κ2) is 4.90. The predicted octanol–water partition coefficient (Wildman–Crippen LogP) is 3.88. The summed E-state index contributed by atoms with van der Waals surface area (Å²) in [6, 6.07) is 15.9. The average molecular weight is 314 g/mol. The van der Waals surface area contributed by atoms with Crippen LogP contribution in [0.4, 0.5) is 5.69 Å². The smallest absolute Gasteiger partial charge is 0.0997 e. The lowest BCUT2D eigenvalue weighted by Crippen LogP contribution is -1.96. The van der Waals surface area contributed by atoms with E-state index in [9.17, 15) is 0 Å². The van der Waals surface area contributed by atoms with Gasteiger partial charge in [-0.3, -0.25) is 4.57 Å². The zero-order chi connectivity index (χ0) is 13.2. The molecule has 94 valence electrons. The molecule has 3 rings (SSSR count). The second-order valence-corrected chi connectivity index (χ2v) is 5.17. The summed E-state index contributed by atoms with van der Waals surface area (Å²) in [5.74, 6) is 0. The molecule has 0 atom stereocenters. The van der Waals surface area contributed by atoms with E-state index in [0.29, 0.717) is 0 Å². The average Bonchev–Trinajstić information content (AvgIpc) is 2.89. The third kappa shape index (κ3) is 2.39. The summed E-state index contributed by atoms with van der Waals surface area (Å²) in [6.07, 6.45) is 3.65. The van der Waals surface area contributed by atoms with Crippen LogP contribution in [0.1, 0.15) is 0 Å². The number of nitrogens with zero attached hydrogens (tertiary/aromatic N) is 2. The maximum Gasteiger partial charge on any atom is 0.0997 e. The van der Waals surface area contributed by atoms with E-state index in [1.54, 1.807) is 6.33 Å². The van der Waals surface area contributed by atoms with Gasteiger partial charge in [-0.2, -0.15) is 0 Å². The standard InChI is InChI=1S/C15H12BrN3/c16-12-6-4-11(5-7-12)15-9-18-10-19(15)14-3-1-2-13(17)8-14/h1-10H,17H2. The van der Waals surface area contributed by atoms with Crippen LogP contribution in [0, 0.1) is 0 Å². The Hall–Kier alpha value is -2.07. The molecule has 0 radical (unpaired) electrons. The van der Waals surface area contributed by atoms with Crippen molar-refractivity contribution in [2.75, 3.05) is 5.73 Å². The molecule has 1 aromatic heterocycles. The third-order valence-corrected chi connectivity index (χ3v) is 3.46. The van der Waals surface area contributed by atoms with Crippen molar-refractivity contribution >= 4 is 21.6 Å². The van der Waals surface area contributed by atoms with Crippen molar-refractivity contribution in [2.24, 2.45) is 0 Å². The summed E-state index contributed by atoms with van der Waals surface area (Å²) >= 11 is 3.44. The van der Waals surface area contributed by atoms with Crippen LogP contribution in [-0.2, 0) is 0 Å². The lowest BCUT2D eigenvalue weighted by Gasteiger charge is -2.09. The normalized spacial score (nSPS) is 10.6. The molecule has 2 aromatic carbocycles. The van der Waals surface area contributed by atoms with E-state index in [1.165, 1.54) is 0 Å². The number of rotatable bonds is 2. The molecule has 3 nitrogen and oxygen atoms in total. The number of nitrogen functional groups attached to an aromatic ring is 1. The number of hydrogen-bond donors (Lipinski definition) is 1. The molecule has 19 heavy (non-hydrogen) atoms. The van der Waals surface area contributed by atoms with Gasteiger partial charge < -0.3 is 5.73 Å². The molecule has 0 fully saturated rings. The zero-order valence-electron chi connectivity index (χ0n) is 10.1. The molecule has 0 aliphatic heterocycles. The Bertz CT molecular complexity index is 701. The number of aromatic nitrogens is 2. The number of imidazole rings is 1. The minimum absolute atomic E-state index is 0.743. The summed E-state index contributed by atoms with van der Waals surface area (Å²) in [5.41, 5.74) is 9.74. The SMILES string of the molecule is Nc1cccc(-n2cncc2-c2ccc(Br)cc2)c1. The molecule has 3 aromatic rings. The van der Waals surface area contributed by atoms with E-state index in [-0.39, 0.29) is 0 Å². The summed E-state index contributed by atoms with van der Waals surface area (Å²) in [7, 11) is 0. The molecule has 0 saturated heterocycles. The quantitative estimate of drug-likeness (QED) is 0.729. The molecule has 0 saturated carbocycles. The van der Waals surface area contributed by atoms with E-state index < -0.39 is 0 Å². The minimum atomic E-state index is 0.743. The molecule has 0 spiro atoms. The zero-order valence-corrected chi connectivity index (χ0v) is 11.7. The number of hydrogen-bond acceptors (Lipinski definition) is 2. The lowest BCUT2D eigenvalue weighted by molar-refractivity contribution is 1.06. The van der Waals surface area contributed by atoms with Gasteiger partial charge in [0.2, 0.25) is 0 Å². The Labute approximate surface area is 119 Å². The van der Waals surface area contributed by atoms with E-state index in [1.807, 2.05) is 47.2 Å². The highest BCUT2D eigenvalue weighted by Gasteiger charge is 2.06. The topological polar surface area (TPSA) is 43.8 Å². The highest BCUT2D eigenvalue weighted by atomic mass is 79.9. The first-order valence-electron chi connectivity index (χ1n) is 5.88. The molecule has 0 amide bonds. The van der Waals surface area contributed by atoms with Crippen LogP contribution < -0.4 is 5.73 Å². The van der Waals surface area contributed by atoms with E-state index in [0.717, 1.165) is 27.1 Å². The Morgan fingerprint density at radius 1 is 1.05 bits per heavy atom. The van der Waals surface area contributed by atoms with Gasteiger partial charge in [-0.05, 0) is 30.3 Å². The summed E-state index contributed by atoms with van der Waals surface area (Å²) in [6.45, 7) is 0. The Morgan fingerprint density at radius 3 is 2.58 bits per heavy atom. The molecule has 2 N–H and O–H groups in total. The predicted molar refractivity (Wildman–Crippen MR) is 81.1 cm³/mol. The second-order valence-electron chi connectivity index (χ2n) is 4.25. The fraction of sp³-hybridized carbons (Fsp3) is 0. The van der Waals surface area contributed by atoms with Gasteiger partial charge in [0.25, 0.3) is 0 Å². The largest absolute Gasteiger partial charge is 0.399 e. The van der Waals surface area contributed by atoms with Crippen LogP contribution in [-0.4, -0.2) is 9.55 Å². The molecule has 0 unspecified atom stereocenters. The number of benzene rings is 2. The molecule has 4 heteroatoms. The van der Waals surface area contributed by atoms with E-state index in [2.05, 4.69) is 33.0 Å². The molecular formula is C15H12BrN3. The summed E-state index contributed by atoms with van der Waals surface area (Å²) in [4.78, 5) is 4.24. The first kappa shape index (κ1) is 12.0. The van der Waals surface area contributed by atoms with E-state index >= 15 is 0 Å². The molecule has 0 bridgehead atoms. The van der Waals surface area contributed by atoms with E-state index in [4.69, 9.17) is 5.73 Å². The van der Waals surface area contributed by atoms with Crippen LogP contribution in [0.3, 0.4) is 0 Å². The van der Waals surface area contributed by atoms with Crippen molar-refractivity contribution in [3.8, 4) is 16.9 Å². The van der Waals surface area contributed by atoms with Gasteiger partial charge in [0.15, 0.2) is 0 Å². The fourth-order valence-electron chi connectivity index (χ4n) is 2.01. The van der Waals surface area contributed by atoms with Gasteiger partial charge in [0.1, 0.15) is 0 Å². The van der Waals surface area contributed by atoms with Crippen molar-refractivity contribution in [3.63, 3.8) is 0 Å². The number of anilines is 1. The first-order valence-corrected chi connectivity index (χ1v) is 6.67. The van der Waals surface area contributed by atoms with Gasteiger partial charge in [-0.25, -0.2) is 4.98 Å². The maximum atomic E-state index is 5.83. The summed E-state index contributed by atoms with van der Waals surface area (Å²) in [5, 5.41) is 0. The van der Waals surface area contributed by atoms with Crippen LogP contribution in [0.25, 0.3) is 16.9 Å². The van der Waals surface area contributed by atoms with Crippen LogP contribution in [0.2, 0.25) is 0 Å². The molecular weight excluding hydrogens is 302 g/mol. The number of nitrogens with two attached hydrogens (primary N) is 1. The number of halogens is 1. The lowest BCUT2D eigenvalue weighted by atomic mass is 10.1. The summed E-state index contributed by atoms with van der Waals surface area (Å²) < 4.78 is 3.09. The van der Waals surface area contributed by atoms with Crippen LogP contribution in [0.15, 0.2) is 65.5 Å². The fourth-order valence-corrected chi connectivity index (χ4v) is 2.27. The van der Waals surface area contributed by atoms with Crippen LogP contribution >= 0.6 is 15.9 Å². The monoisotopic (exact) mass is 313 g/mol. The van der Waals surface area contributed by atoms with Crippen molar-refractivity contribution in [1.82, 2.24) is 9.55 Å². The Balaban J connectivity index is 2.10. The molecule has 1 heterocycles. The van der Waals surface area contributed by atoms with Gasteiger partial charge in [-0.15, -0.1) is 0 Å². The van der Waals surface area contributed by atoms with Crippen molar-refractivity contribution < 1.29 is 0 Å². The minimum Gasteiger partial charge on any atom is -0.399 e. The van der Waals surface area contributed by atoms with Crippen molar-refractivity contribution in [3.05, 3.63) is 65.5 Å².